The number of anilines is 1. The van der Waals surface area contributed by atoms with Crippen molar-refractivity contribution in [1.29, 1.82) is 0 Å². The highest BCUT2D eigenvalue weighted by atomic mass is 19.1. The summed E-state index contributed by atoms with van der Waals surface area (Å²) in [4.78, 5) is 0. The molecule has 0 aliphatic heterocycles. The van der Waals surface area contributed by atoms with Crippen molar-refractivity contribution in [1.82, 2.24) is 9.78 Å². The van der Waals surface area contributed by atoms with Crippen LogP contribution in [0.25, 0.3) is 0 Å². The third-order valence-corrected chi connectivity index (χ3v) is 0.810. The van der Waals surface area contributed by atoms with Crippen molar-refractivity contribution in [2.45, 2.75) is 0 Å². The lowest BCUT2D eigenvalue weighted by molar-refractivity contribution is 0.628. The first-order valence-electron chi connectivity index (χ1n) is 2.15. The zero-order valence-corrected chi connectivity index (χ0v) is 4.43. The van der Waals surface area contributed by atoms with Crippen LogP contribution in [0.4, 0.5) is 10.2 Å². The topological polar surface area (TPSA) is 43.8 Å². The average Bonchev–Trinajstić information content (AvgIpc) is 1.85. The second-order valence-electron chi connectivity index (χ2n) is 1.54. The van der Waals surface area contributed by atoms with Gasteiger partial charge in [-0.25, -0.2) is 4.39 Å². The summed E-state index contributed by atoms with van der Waals surface area (Å²) in [6, 6.07) is 0. The number of rotatable bonds is 0. The normalized spacial score (nSPS) is 9.75. The fraction of sp³-hybridized carbons (Fsp3) is 0.250. The summed E-state index contributed by atoms with van der Waals surface area (Å²) in [5, 5.41) is 3.53. The third kappa shape index (κ3) is 0.641. The quantitative estimate of drug-likeness (QED) is 0.522. The third-order valence-electron chi connectivity index (χ3n) is 0.810. The summed E-state index contributed by atoms with van der Waals surface area (Å²) in [5.41, 5.74) is 5.03. The van der Waals surface area contributed by atoms with E-state index in [1.807, 2.05) is 0 Å². The van der Waals surface area contributed by atoms with Crippen molar-refractivity contribution < 1.29 is 4.39 Å². The lowest BCUT2D eigenvalue weighted by Crippen LogP contribution is -1.90. The lowest BCUT2D eigenvalue weighted by Gasteiger charge is -1.79. The maximum atomic E-state index is 12.1. The number of nitrogens with zero attached hydrogens (tertiary/aromatic N) is 2. The monoisotopic (exact) mass is 115 g/mol. The minimum Gasteiger partial charge on any atom is -0.380 e. The van der Waals surface area contributed by atoms with Gasteiger partial charge in [-0.2, -0.15) is 5.10 Å². The Morgan fingerprint density at radius 3 is 2.62 bits per heavy atom. The Kier molecular flexibility index (Phi) is 0.932. The van der Waals surface area contributed by atoms with Crippen LogP contribution in [0, 0.1) is 5.82 Å². The summed E-state index contributed by atoms with van der Waals surface area (Å²) in [5.74, 6) is -0.514. The van der Waals surface area contributed by atoms with E-state index in [2.05, 4.69) is 5.10 Å². The molecule has 0 amide bonds. The molecule has 0 fully saturated rings. The van der Waals surface area contributed by atoms with E-state index in [1.54, 1.807) is 7.05 Å². The van der Waals surface area contributed by atoms with E-state index in [0.717, 1.165) is 0 Å². The molecule has 0 atom stereocenters. The molecule has 44 valence electrons. The van der Waals surface area contributed by atoms with Crippen LogP contribution in [0.5, 0.6) is 0 Å². The number of hydrogen-bond acceptors (Lipinski definition) is 2. The lowest BCUT2D eigenvalue weighted by atomic mass is 10.6. The van der Waals surface area contributed by atoms with Crippen molar-refractivity contribution in [3.63, 3.8) is 0 Å². The highest BCUT2D eigenvalue weighted by Gasteiger charge is 1.98. The summed E-state index contributed by atoms with van der Waals surface area (Å²) >= 11 is 0. The molecule has 1 aromatic heterocycles. The molecule has 0 unspecified atom stereocenters. The number of hydrogen-bond donors (Lipinski definition) is 1. The van der Waals surface area contributed by atoms with E-state index in [0.29, 0.717) is 0 Å². The van der Waals surface area contributed by atoms with Gasteiger partial charge in [-0.05, 0) is 0 Å². The van der Waals surface area contributed by atoms with E-state index < -0.39 is 5.82 Å². The minimum absolute atomic E-state index is 0.0486. The molecule has 0 saturated carbocycles. The molecular weight excluding hydrogens is 109 g/mol. The molecule has 0 saturated heterocycles. The molecule has 1 heterocycles. The first-order valence-corrected chi connectivity index (χ1v) is 2.15. The predicted molar refractivity (Wildman–Crippen MR) is 27.6 cm³/mol. The van der Waals surface area contributed by atoms with Gasteiger partial charge in [-0.1, -0.05) is 0 Å². The SMILES string of the molecule is Cn1cc(F)c(N)n1. The molecule has 0 aliphatic rings. The van der Waals surface area contributed by atoms with Gasteiger partial charge in [-0.15, -0.1) is 0 Å². The van der Waals surface area contributed by atoms with Gasteiger partial charge in [0.15, 0.2) is 11.6 Å². The van der Waals surface area contributed by atoms with Crippen LogP contribution in [-0.4, -0.2) is 9.78 Å². The number of aryl methyl sites for hydroxylation is 1. The smallest absolute Gasteiger partial charge is 0.184 e. The first-order chi connectivity index (χ1) is 3.70. The summed E-state index contributed by atoms with van der Waals surface area (Å²) in [6.07, 6.45) is 1.22. The van der Waals surface area contributed by atoms with Crippen molar-refractivity contribution in [2.24, 2.45) is 7.05 Å². The van der Waals surface area contributed by atoms with Gasteiger partial charge in [0.1, 0.15) is 0 Å². The molecular formula is C4H6FN3. The van der Waals surface area contributed by atoms with Crippen molar-refractivity contribution in [3.05, 3.63) is 12.0 Å². The van der Waals surface area contributed by atoms with Crippen molar-refractivity contribution in [2.75, 3.05) is 5.73 Å². The zero-order valence-electron chi connectivity index (χ0n) is 4.43. The van der Waals surface area contributed by atoms with Crippen LogP contribution in [0.2, 0.25) is 0 Å². The highest BCUT2D eigenvalue weighted by Crippen LogP contribution is 2.02. The second kappa shape index (κ2) is 1.47. The molecule has 1 rings (SSSR count). The van der Waals surface area contributed by atoms with Crippen LogP contribution in [-0.2, 0) is 7.05 Å². The Morgan fingerprint density at radius 1 is 1.88 bits per heavy atom. The highest BCUT2D eigenvalue weighted by molar-refractivity contribution is 5.26. The maximum Gasteiger partial charge on any atom is 0.184 e. The Morgan fingerprint density at radius 2 is 2.50 bits per heavy atom. The fourth-order valence-electron chi connectivity index (χ4n) is 0.477. The molecule has 4 heteroatoms. The van der Waals surface area contributed by atoms with Crippen LogP contribution in [0.15, 0.2) is 6.20 Å². The number of nitrogen functional groups attached to an aromatic ring is 1. The molecule has 0 aliphatic carbocycles. The van der Waals surface area contributed by atoms with Gasteiger partial charge in [0.2, 0.25) is 0 Å². The van der Waals surface area contributed by atoms with E-state index in [1.165, 1.54) is 10.9 Å². The largest absolute Gasteiger partial charge is 0.380 e. The average molecular weight is 115 g/mol. The van der Waals surface area contributed by atoms with Gasteiger partial charge in [-0.3, -0.25) is 4.68 Å². The van der Waals surface area contributed by atoms with Crippen LogP contribution >= 0.6 is 0 Å². The van der Waals surface area contributed by atoms with E-state index in [-0.39, 0.29) is 5.82 Å². The zero-order chi connectivity index (χ0) is 6.15. The number of halogens is 1. The van der Waals surface area contributed by atoms with Gasteiger partial charge in [0.05, 0.1) is 6.20 Å². The van der Waals surface area contributed by atoms with E-state index in [9.17, 15) is 4.39 Å². The van der Waals surface area contributed by atoms with Gasteiger partial charge in [0, 0.05) is 7.05 Å². The molecule has 1 aromatic rings. The van der Waals surface area contributed by atoms with Gasteiger partial charge in [0.25, 0.3) is 0 Å². The van der Waals surface area contributed by atoms with Crippen molar-refractivity contribution >= 4 is 5.82 Å². The molecule has 0 bridgehead atoms. The molecule has 3 nitrogen and oxygen atoms in total. The fourth-order valence-corrected chi connectivity index (χ4v) is 0.477. The Labute approximate surface area is 45.9 Å². The predicted octanol–water partition coefficient (Wildman–Crippen LogP) is 0.141. The van der Waals surface area contributed by atoms with Crippen LogP contribution in [0.1, 0.15) is 0 Å². The molecule has 0 spiro atoms. The molecule has 2 N–H and O–H groups in total. The number of aromatic nitrogens is 2. The van der Waals surface area contributed by atoms with Gasteiger partial charge < -0.3 is 5.73 Å². The second-order valence-corrected chi connectivity index (χ2v) is 1.54. The first kappa shape index (κ1) is 5.08. The standard InChI is InChI=1S/C4H6FN3/c1-8-2-3(5)4(6)7-8/h2H,1H3,(H2,6,7). The Balaban J connectivity index is 3.14. The maximum absolute atomic E-state index is 12.1. The van der Waals surface area contributed by atoms with E-state index in [4.69, 9.17) is 5.73 Å². The van der Waals surface area contributed by atoms with Crippen LogP contribution < -0.4 is 5.73 Å². The Hall–Kier alpha value is -1.06. The minimum atomic E-state index is -0.465. The molecule has 0 radical (unpaired) electrons. The summed E-state index contributed by atoms with van der Waals surface area (Å²) < 4.78 is 13.5. The summed E-state index contributed by atoms with van der Waals surface area (Å²) in [7, 11) is 1.61. The molecule has 8 heavy (non-hydrogen) atoms. The Bertz CT molecular complexity index is 174. The van der Waals surface area contributed by atoms with Gasteiger partial charge >= 0.3 is 0 Å². The van der Waals surface area contributed by atoms with Crippen molar-refractivity contribution in [3.8, 4) is 0 Å². The molecule has 0 aromatic carbocycles. The van der Waals surface area contributed by atoms with E-state index >= 15 is 0 Å². The number of nitrogens with two attached hydrogens (primary N) is 1. The van der Waals surface area contributed by atoms with Crippen LogP contribution in [0.3, 0.4) is 0 Å². The summed E-state index contributed by atoms with van der Waals surface area (Å²) in [6.45, 7) is 0.